The first-order valence-electron chi connectivity index (χ1n) is 13.6. The predicted molar refractivity (Wildman–Crippen MR) is 158 cm³/mol. The van der Waals surface area contributed by atoms with Gasteiger partial charge in [-0.05, 0) is 60.9 Å². The molecule has 0 unspecified atom stereocenters. The van der Waals surface area contributed by atoms with Crippen molar-refractivity contribution < 1.29 is 0 Å². The van der Waals surface area contributed by atoms with Crippen molar-refractivity contribution in [3.63, 3.8) is 0 Å². The largest absolute Gasteiger partial charge is 0.302 e. The van der Waals surface area contributed by atoms with Crippen molar-refractivity contribution in [2.75, 3.05) is 20.1 Å². The Labute approximate surface area is 219 Å². The zero-order valence-electron chi connectivity index (χ0n) is 23.5. The van der Waals surface area contributed by atoms with Gasteiger partial charge in [0.05, 0.1) is 11.7 Å². The maximum absolute atomic E-state index is 4.66. The van der Waals surface area contributed by atoms with Gasteiger partial charge in [0, 0.05) is 42.3 Å². The highest BCUT2D eigenvalue weighted by molar-refractivity contribution is 5.83. The average Bonchev–Trinajstić information content (AvgIpc) is 3.33. The molecule has 0 saturated heterocycles. The molecular formula is C32H46N4. The van der Waals surface area contributed by atoms with Crippen LogP contribution in [0, 0.1) is 6.92 Å². The second-order valence-corrected chi connectivity index (χ2v) is 9.19. The lowest BCUT2D eigenvalue weighted by Crippen LogP contribution is -2.23. The van der Waals surface area contributed by atoms with E-state index in [0.717, 1.165) is 53.0 Å². The van der Waals surface area contributed by atoms with Crippen LogP contribution in [0.25, 0.3) is 22.7 Å². The Kier molecular flexibility index (Phi) is 12.4. The maximum atomic E-state index is 4.66. The number of aryl methyl sites for hydroxylation is 1. The van der Waals surface area contributed by atoms with Gasteiger partial charge in [-0.1, -0.05) is 85.1 Å². The van der Waals surface area contributed by atoms with Crippen LogP contribution in [0.1, 0.15) is 94.2 Å². The molecule has 0 N–H and O–H groups in total. The number of unbranched alkanes of at least 4 members (excludes halogenated alkanes) is 4. The summed E-state index contributed by atoms with van der Waals surface area (Å²) in [5, 5.41) is 4.35. The van der Waals surface area contributed by atoms with E-state index in [0.29, 0.717) is 0 Å². The summed E-state index contributed by atoms with van der Waals surface area (Å²) in [6.45, 7) is 20.9. The molecule has 0 atom stereocenters. The molecule has 0 saturated carbocycles. The molecule has 0 amide bonds. The summed E-state index contributed by atoms with van der Waals surface area (Å²) in [4.78, 5) is 6.98. The number of nitrogens with zero attached hydrogens (tertiary/aromatic N) is 4. The van der Waals surface area contributed by atoms with Gasteiger partial charge < -0.3 is 4.90 Å². The van der Waals surface area contributed by atoms with E-state index < -0.39 is 0 Å². The second-order valence-electron chi connectivity index (χ2n) is 9.19. The van der Waals surface area contributed by atoms with Crippen LogP contribution >= 0.6 is 0 Å². The van der Waals surface area contributed by atoms with E-state index >= 15 is 0 Å². The normalized spacial score (nSPS) is 13.2. The molecule has 194 valence electrons. The molecule has 4 nitrogen and oxygen atoms in total. The van der Waals surface area contributed by atoms with Crippen LogP contribution in [-0.2, 0) is 0 Å². The lowest BCUT2D eigenvalue weighted by atomic mass is 9.94. The van der Waals surface area contributed by atoms with Crippen LogP contribution in [-0.4, -0.2) is 39.6 Å². The Morgan fingerprint density at radius 1 is 1.08 bits per heavy atom. The third-order valence-corrected chi connectivity index (χ3v) is 6.52. The summed E-state index contributed by atoms with van der Waals surface area (Å²) in [6, 6.07) is 6.40. The summed E-state index contributed by atoms with van der Waals surface area (Å²) >= 11 is 0. The fourth-order valence-corrected chi connectivity index (χ4v) is 4.22. The van der Waals surface area contributed by atoms with Gasteiger partial charge in [0.15, 0.2) is 0 Å². The van der Waals surface area contributed by atoms with Crippen molar-refractivity contribution >= 4 is 22.7 Å². The number of hydrogen-bond acceptors (Lipinski definition) is 3. The van der Waals surface area contributed by atoms with E-state index in [4.69, 9.17) is 0 Å². The number of pyridine rings is 2. The first-order chi connectivity index (χ1) is 17.5. The van der Waals surface area contributed by atoms with Gasteiger partial charge in [0.25, 0.3) is 0 Å². The van der Waals surface area contributed by atoms with Crippen LogP contribution < -0.4 is 0 Å². The molecule has 0 fully saturated rings. The van der Waals surface area contributed by atoms with Gasteiger partial charge in [0.1, 0.15) is 0 Å². The Hall–Kier alpha value is -2.98. The molecular weight excluding hydrogens is 440 g/mol. The molecule has 4 heteroatoms. The van der Waals surface area contributed by atoms with Gasteiger partial charge in [-0.2, -0.15) is 5.10 Å². The van der Waals surface area contributed by atoms with Crippen molar-refractivity contribution in [2.24, 2.45) is 0 Å². The van der Waals surface area contributed by atoms with E-state index in [9.17, 15) is 0 Å². The first kappa shape index (κ1) is 29.3. The highest BCUT2D eigenvalue weighted by atomic mass is 15.2. The quantitative estimate of drug-likeness (QED) is 0.299. The minimum absolute atomic E-state index is 0.981. The molecule has 1 aliphatic rings. The topological polar surface area (TPSA) is 33.4 Å². The smallest absolute Gasteiger partial charge is 0.0739 e. The minimum Gasteiger partial charge on any atom is -0.302 e. The summed E-state index contributed by atoms with van der Waals surface area (Å²) in [7, 11) is 2.15. The fourth-order valence-electron chi connectivity index (χ4n) is 4.22. The predicted octanol–water partition coefficient (Wildman–Crippen LogP) is 8.46. The molecule has 4 rings (SSSR count). The van der Waals surface area contributed by atoms with Crippen LogP contribution in [0.5, 0.6) is 0 Å². The molecule has 0 radical (unpaired) electrons. The highest BCUT2D eigenvalue weighted by Gasteiger charge is 2.14. The van der Waals surface area contributed by atoms with E-state index in [1.54, 1.807) is 0 Å². The van der Waals surface area contributed by atoms with E-state index in [1.165, 1.54) is 43.2 Å². The zero-order valence-corrected chi connectivity index (χ0v) is 23.5. The number of fused-ring (bicyclic) bond motifs is 1. The SMILES string of the molecule is C=Cc1cnn2ccc(C(=C)c3cc(C4=CCN(C)CC4)cnc3C)cc12.CC.CCCCCCC. The van der Waals surface area contributed by atoms with Crippen molar-refractivity contribution in [3.05, 3.63) is 84.0 Å². The minimum atomic E-state index is 0.981. The average molecular weight is 487 g/mol. The Morgan fingerprint density at radius 2 is 1.81 bits per heavy atom. The van der Waals surface area contributed by atoms with Crippen molar-refractivity contribution in [2.45, 2.75) is 73.1 Å². The number of rotatable bonds is 8. The second kappa shape index (κ2) is 15.2. The van der Waals surface area contributed by atoms with Crippen molar-refractivity contribution in [1.29, 1.82) is 0 Å². The molecule has 0 aliphatic carbocycles. The number of aromatic nitrogens is 3. The first-order valence-corrected chi connectivity index (χ1v) is 13.6. The van der Waals surface area contributed by atoms with Crippen LogP contribution in [0.4, 0.5) is 0 Å². The third-order valence-electron chi connectivity index (χ3n) is 6.52. The maximum Gasteiger partial charge on any atom is 0.0739 e. The Balaban J connectivity index is 0.000000440. The molecule has 0 bridgehead atoms. The van der Waals surface area contributed by atoms with Crippen LogP contribution in [0.15, 0.2) is 56.0 Å². The molecule has 3 aromatic heterocycles. The molecule has 4 heterocycles. The van der Waals surface area contributed by atoms with Gasteiger partial charge in [0.2, 0.25) is 0 Å². The summed E-state index contributed by atoms with van der Waals surface area (Å²) in [6.07, 6.45) is 18.0. The van der Waals surface area contributed by atoms with Crippen LogP contribution in [0.2, 0.25) is 0 Å². The van der Waals surface area contributed by atoms with Crippen LogP contribution in [0.3, 0.4) is 0 Å². The van der Waals surface area contributed by atoms with Gasteiger partial charge >= 0.3 is 0 Å². The third kappa shape index (κ3) is 7.76. The Morgan fingerprint density at radius 3 is 2.42 bits per heavy atom. The molecule has 36 heavy (non-hydrogen) atoms. The zero-order chi connectivity index (χ0) is 26.5. The van der Waals surface area contributed by atoms with Gasteiger partial charge in [-0.15, -0.1) is 0 Å². The molecule has 3 aromatic rings. The lowest BCUT2D eigenvalue weighted by Gasteiger charge is -2.22. The summed E-state index contributed by atoms with van der Waals surface area (Å²) in [5.74, 6) is 0. The number of likely N-dealkylation sites (N-methyl/N-ethyl adjacent to an activating group) is 1. The van der Waals surface area contributed by atoms with Gasteiger partial charge in [-0.3, -0.25) is 4.98 Å². The molecule has 0 spiro atoms. The fraction of sp³-hybridized carbons (Fsp3) is 0.438. The summed E-state index contributed by atoms with van der Waals surface area (Å²) < 4.78 is 1.86. The molecule has 1 aliphatic heterocycles. The molecule has 0 aromatic carbocycles. The summed E-state index contributed by atoms with van der Waals surface area (Å²) in [5.41, 5.74) is 8.76. The van der Waals surface area contributed by atoms with E-state index in [-0.39, 0.29) is 0 Å². The van der Waals surface area contributed by atoms with E-state index in [1.807, 2.05) is 50.0 Å². The van der Waals surface area contributed by atoms with Crippen molar-refractivity contribution in [3.8, 4) is 0 Å². The van der Waals surface area contributed by atoms with Crippen molar-refractivity contribution in [1.82, 2.24) is 19.5 Å². The van der Waals surface area contributed by atoms with Gasteiger partial charge in [-0.25, -0.2) is 4.52 Å². The lowest BCUT2D eigenvalue weighted by molar-refractivity contribution is 0.370. The Bertz CT molecular complexity index is 1150. The number of hydrogen-bond donors (Lipinski definition) is 0. The van der Waals surface area contributed by atoms with E-state index in [2.05, 4.69) is 73.3 Å². The monoisotopic (exact) mass is 486 g/mol. The standard InChI is InChI=1S/C23H24N4.C7H16.C2H6/c1-5-18-15-25-27-11-8-20(13-23(18)27)16(2)22-12-21(14-24-17(22)3)19-6-9-26(4)10-7-19;1-3-5-7-6-4-2;1-2/h5-6,8,11-15H,1-2,7,9-10H2,3-4H3;3-7H2,1-2H3;1-2H3. The highest BCUT2D eigenvalue weighted by Crippen LogP contribution is 2.29.